The molecular weight excluding hydrogens is 248 g/mol. The van der Waals surface area contributed by atoms with Crippen LogP contribution in [-0.2, 0) is 0 Å². The van der Waals surface area contributed by atoms with E-state index in [2.05, 4.69) is 10.3 Å². The average molecular weight is 266 g/mol. The summed E-state index contributed by atoms with van der Waals surface area (Å²) in [6.07, 6.45) is 4.40. The maximum absolute atomic E-state index is 12.7. The van der Waals surface area contributed by atoms with Crippen LogP contribution in [0.3, 0.4) is 0 Å². The Morgan fingerprint density at radius 1 is 1.05 bits per heavy atom. The first-order valence-corrected chi connectivity index (χ1v) is 7.45. The highest BCUT2D eigenvalue weighted by atomic mass is 16.1. The summed E-state index contributed by atoms with van der Waals surface area (Å²) in [7, 11) is 0. The number of nitrogens with one attached hydrogen (secondary N) is 1. The number of hydrogen-bond donors (Lipinski definition) is 1. The molecule has 2 aliphatic heterocycles. The summed E-state index contributed by atoms with van der Waals surface area (Å²) in [4.78, 5) is 17.2. The molecule has 2 unspecified atom stereocenters. The van der Waals surface area contributed by atoms with Gasteiger partial charge in [-0.3, -0.25) is 4.79 Å². The van der Waals surface area contributed by atoms with Crippen LogP contribution in [0.1, 0.15) is 36.2 Å². The molecule has 0 amide bonds. The lowest BCUT2D eigenvalue weighted by Gasteiger charge is -2.27. The topological polar surface area (TPSA) is 42.0 Å². The second-order valence-corrected chi connectivity index (χ2v) is 6.06. The molecule has 0 saturated carbocycles. The summed E-state index contributed by atoms with van der Waals surface area (Å²) in [5.74, 6) is 0.386. The van der Waals surface area contributed by atoms with Crippen LogP contribution in [0.25, 0.3) is 10.9 Å². The summed E-state index contributed by atoms with van der Waals surface area (Å²) < 4.78 is 0. The van der Waals surface area contributed by atoms with Crippen LogP contribution in [0.4, 0.5) is 0 Å². The van der Waals surface area contributed by atoms with Crippen LogP contribution in [0.5, 0.6) is 0 Å². The smallest absolute Gasteiger partial charge is 0.184 e. The van der Waals surface area contributed by atoms with Gasteiger partial charge in [0, 0.05) is 23.4 Å². The van der Waals surface area contributed by atoms with Gasteiger partial charge in [0.05, 0.1) is 5.52 Å². The molecule has 0 radical (unpaired) electrons. The zero-order chi connectivity index (χ0) is 13.5. The van der Waals surface area contributed by atoms with Gasteiger partial charge in [0.1, 0.15) is 5.69 Å². The van der Waals surface area contributed by atoms with Crippen LogP contribution in [-0.4, -0.2) is 22.9 Å². The van der Waals surface area contributed by atoms with Gasteiger partial charge in [-0.05, 0) is 37.8 Å². The number of piperidine rings is 1. The van der Waals surface area contributed by atoms with Crippen LogP contribution in [0, 0.1) is 5.92 Å². The van der Waals surface area contributed by atoms with E-state index in [0.717, 1.165) is 23.7 Å². The highest BCUT2D eigenvalue weighted by molar-refractivity contribution is 5.98. The number of aromatic nitrogens is 1. The molecule has 0 spiro atoms. The highest BCUT2D eigenvalue weighted by Crippen LogP contribution is 2.32. The Balaban J connectivity index is 1.63. The molecule has 0 aliphatic carbocycles. The fraction of sp³-hybridized carbons (Fsp3) is 0.412. The molecule has 3 heterocycles. The van der Waals surface area contributed by atoms with Gasteiger partial charge in [0.2, 0.25) is 0 Å². The molecule has 3 heteroatoms. The lowest BCUT2D eigenvalue weighted by molar-refractivity contribution is 0.0871. The van der Waals surface area contributed by atoms with E-state index in [4.69, 9.17) is 0 Å². The third-order valence-electron chi connectivity index (χ3n) is 4.69. The lowest BCUT2D eigenvalue weighted by Crippen LogP contribution is -2.40. The van der Waals surface area contributed by atoms with E-state index in [9.17, 15) is 4.79 Å². The Labute approximate surface area is 118 Å². The Morgan fingerprint density at radius 2 is 1.80 bits per heavy atom. The lowest BCUT2D eigenvalue weighted by atomic mass is 9.87. The van der Waals surface area contributed by atoms with E-state index in [-0.39, 0.29) is 11.7 Å². The zero-order valence-corrected chi connectivity index (χ0v) is 11.4. The number of carbonyl (C=O) groups is 1. The molecular formula is C17H18N2O. The number of benzene rings is 1. The molecule has 102 valence electrons. The van der Waals surface area contributed by atoms with Gasteiger partial charge >= 0.3 is 0 Å². The number of carbonyl (C=O) groups excluding carboxylic acids is 1. The van der Waals surface area contributed by atoms with E-state index >= 15 is 0 Å². The number of fused-ring (bicyclic) bond motifs is 3. The Morgan fingerprint density at radius 3 is 2.60 bits per heavy atom. The predicted molar refractivity (Wildman–Crippen MR) is 78.7 cm³/mol. The molecule has 2 bridgehead atoms. The standard InChI is InChI=1S/C17H18N2O/c20-17(12-9-13-6-7-14(10-12)18-13)16-8-5-11-3-1-2-4-15(11)19-16/h1-5,8,12-14,18H,6-7,9-10H2. The van der Waals surface area contributed by atoms with Gasteiger partial charge in [-0.1, -0.05) is 24.3 Å². The second kappa shape index (κ2) is 4.67. The molecule has 2 aromatic rings. The van der Waals surface area contributed by atoms with Gasteiger partial charge in [-0.15, -0.1) is 0 Å². The van der Waals surface area contributed by atoms with Crippen LogP contribution >= 0.6 is 0 Å². The average Bonchev–Trinajstić information content (AvgIpc) is 2.84. The number of Topliss-reactive ketones (excluding diaryl/α,β-unsaturated/α-hetero) is 1. The van der Waals surface area contributed by atoms with Gasteiger partial charge in [0.25, 0.3) is 0 Å². The Hall–Kier alpha value is -1.74. The van der Waals surface area contributed by atoms with E-state index in [1.807, 2.05) is 36.4 Å². The third kappa shape index (κ3) is 2.02. The van der Waals surface area contributed by atoms with Crippen molar-refractivity contribution in [2.75, 3.05) is 0 Å². The Bertz CT molecular complexity index is 655. The molecule has 1 aromatic heterocycles. The monoisotopic (exact) mass is 266 g/mol. The molecule has 2 fully saturated rings. The first kappa shape index (κ1) is 12.0. The van der Waals surface area contributed by atoms with Crippen molar-refractivity contribution in [1.82, 2.24) is 10.3 Å². The molecule has 20 heavy (non-hydrogen) atoms. The summed E-state index contributed by atoms with van der Waals surface area (Å²) in [6, 6.07) is 12.9. The second-order valence-electron chi connectivity index (χ2n) is 6.06. The van der Waals surface area contributed by atoms with Gasteiger partial charge in [-0.2, -0.15) is 0 Å². The molecule has 2 aliphatic rings. The summed E-state index contributed by atoms with van der Waals surface area (Å²) in [5.41, 5.74) is 1.55. The first-order chi connectivity index (χ1) is 9.79. The van der Waals surface area contributed by atoms with Crippen molar-refractivity contribution >= 4 is 16.7 Å². The maximum atomic E-state index is 12.7. The normalized spacial score (nSPS) is 28.7. The minimum Gasteiger partial charge on any atom is -0.311 e. The van der Waals surface area contributed by atoms with Crippen molar-refractivity contribution < 1.29 is 4.79 Å². The van der Waals surface area contributed by atoms with Crippen LogP contribution in [0.2, 0.25) is 0 Å². The maximum Gasteiger partial charge on any atom is 0.184 e. The van der Waals surface area contributed by atoms with Crippen molar-refractivity contribution in [3.8, 4) is 0 Å². The highest BCUT2D eigenvalue weighted by Gasteiger charge is 2.37. The van der Waals surface area contributed by atoms with Crippen LogP contribution in [0.15, 0.2) is 36.4 Å². The summed E-state index contributed by atoms with van der Waals surface area (Å²) >= 11 is 0. The van der Waals surface area contributed by atoms with Gasteiger partial charge in [0.15, 0.2) is 5.78 Å². The number of nitrogens with zero attached hydrogens (tertiary/aromatic N) is 1. The summed E-state index contributed by atoms with van der Waals surface area (Å²) in [5, 5.41) is 4.68. The van der Waals surface area contributed by atoms with E-state index in [1.165, 1.54) is 12.8 Å². The molecule has 2 atom stereocenters. The quantitative estimate of drug-likeness (QED) is 0.850. The fourth-order valence-electron chi connectivity index (χ4n) is 3.68. The largest absolute Gasteiger partial charge is 0.311 e. The van der Waals surface area contributed by atoms with Gasteiger partial charge in [-0.25, -0.2) is 4.98 Å². The molecule has 4 rings (SSSR count). The number of para-hydroxylation sites is 1. The van der Waals surface area contributed by atoms with Gasteiger partial charge < -0.3 is 5.32 Å². The minimum absolute atomic E-state index is 0.155. The van der Waals surface area contributed by atoms with Crippen LogP contribution < -0.4 is 5.32 Å². The molecule has 1 N–H and O–H groups in total. The fourth-order valence-corrected chi connectivity index (χ4v) is 3.68. The molecule has 3 nitrogen and oxygen atoms in total. The van der Waals surface area contributed by atoms with E-state index in [1.54, 1.807) is 0 Å². The van der Waals surface area contributed by atoms with E-state index in [0.29, 0.717) is 17.8 Å². The molecule has 2 saturated heterocycles. The summed E-state index contributed by atoms with van der Waals surface area (Å²) in [6.45, 7) is 0. The number of ketones is 1. The Kier molecular flexibility index (Phi) is 2.81. The first-order valence-electron chi connectivity index (χ1n) is 7.45. The number of hydrogen-bond acceptors (Lipinski definition) is 3. The SMILES string of the molecule is O=C(c1ccc2ccccc2n1)C1CC2CCC(C1)N2. The number of pyridine rings is 1. The third-order valence-corrected chi connectivity index (χ3v) is 4.69. The van der Waals surface area contributed by atoms with Crippen molar-refractivity contribution in [1.29, 1.82) is 0 Å². The minimum atomic E-state index is 0.155. The van der Waals surface area contributed by atoms with Crippen molar-refractivity contribution in [3.05, 3.63) is 42.1 Å². The van der Waals surface area contributed by atoms with Crippen molar-refractivity contribution in [3.63, 3.8) is 0 Å². The van der Waals surface area contributed by atoms with Crippen molar-refractivity contribution in [2.24, 2.45) is 5.92 Å². The van der Waals surface area contributed by atoms with E-state index < -0.39 is 0 Å². The number of rotatable bonds is 2. The predicted octanol–water partition coefficient (Wildman–Crippen LogP) is 2.95. The van der Waals surface area contributed by atoms with Crippen molar-refractivity contribution in [2.45, 2.75) is 37.8 Å². The zero-order valence-electron chi connectivity index (χ0n) is 11.4. The molecule has 1 aromatic carbocycles.